The monoisotopic (exact) mass is 380 g/mol. The minimum Gasteiger partial charge on any atom is -0.326 e. The average molecular weight is 380 g/mol. The zero-order valence-electron chi connectivity index (χ0n) is 13.7. The Morgan fingerprint density at radius 3 is 2.50 bits per heavy atom. The highest BCUT2D eigenvalue weighted by atomic mass is 32.2. The summed E-state index contributed by atoms with van der Waals surface area (Å²) >= 11 is 1.34. The Bertz CT molecular complexity index is 843. The van der Waals surface area contributed by atoms with Crippen molar-refractivity contribution >= 4 is 35.0 Å². The van der Waals surface area contributed by atoms with Crippen molar-refractivity contribution in [1.29, 1.82) is 0 Å². The molecule has 2 amide bonds. The lowest BCUT2D eigenvalue weighted by atomic mass is 10.1. The third-order valence-electron chi connectivity index (χ3n) is 3.84. The quantitative estimate of drug-likeness (QED) is 0.834. The maximum atomic E-state index is 13.3. The number of nitrogens with one attached hydrogen (secondary N) is 2. The minimum absolute atomic E-state index is 0.0190. The topological polar surface area (TPSA) is 58.2 Å². The molecule has 2 aromatic rings. The van der Waals surface area contributed by atoms with E-state index in [-0.39, 0.29) is 11.4 Å². The van der Waals surface area contributed by atoms with E-state index in [9.17, 15) is 22.8 Å². The van der Waals surface area contributed by atoms with Gasteiger partial charge in [0.15, 0.2) is 0 Å². The first kappa shape index (κ1) is 18.3. The minimum atomic E-state index is -4.66. The molecule has 0 fully saturated rings. The van der Waals surface area contributed by atoms with E-state index in [2.05, 4.69) is 10.6 Å². The molecule has 3 rings (SSSR count). The van der Waals surface area contributed by atoms with E-state index in [1.807, 2.05) is 24.3 Å². The largest absolute Gasteiger partial charge is 0.418 e. The molecule has 0 aromatic heterocycles. The first-order chi connectivity index (χ1) is 12.2. The molecule has 0 spiro atoms. The SMILES string of the molecule is CC(=O)Nc1ccc(NC(=O)C2Cc3ccccc3S2)c(C(F)(F)F)c1. The zero-order chi connectivity index (χ0) is 18.9. The number of carbonyl (C=O) groups is 2. The van der Waals surface area contributed by atoms with Crippen LogP contribution >= 0.6 is 11.8 Å². The van der Waals surface area contributed by atoms with Crippen molar-refractivity contribution in [1.82, 2.24) is 0 Å². The summed E-state index contributed by atoms with van der Waals surface area (Å²) in [4.78, 5) is 24.5. The Kier molecular flexibility index (Phi) is 4.95. The molecule has 1 aliphatic rings. The Balaban J connectivity index is 1.81. The molecule has 0 saturated carbocycles. The smallest absolute Gasteiger partial charge is 0.326 e. The number of benzene rings is 2. The van der Waals surface area contributed by atoms with Gasteiger partial charge in [-0.15, -0.1) is 11.8 Å². The van der Waals surface area contributed by atoms with Gasteiger partial charge in [0, 0.05) is 17.5 Å². The molecule has 0 saturated heterocycles. The zero-order valence-corrected chi connectivity index (χ0v) is 14.5. The van der Waals surface area contributed by atoms with Crippen molar-refractivity contribution in [3.05, 3.63) is 53.6 Å². The van der Waals surface area contributed by atoms with Gasteiger partial charge in [0.25, 0.3) is 0 Å². The predicted molar refractivity (Wildman–Crippen MR) is 94.2 cm³/mol. The van der Waals surface area contributed by atoms with E-state index in [1.165, 1.54) is 24.8 Å². The lowest BCUT2D eigenvalue weighted by molar-refractivity contribution is -0.137. The molecule has 0 bridgehead atoms. The van der Waals surface area contributed by atoms with Crippen LogP contribution in [0, 0.1) is 0 Å². The molecule has 4 nitrogen and oxygen atoms in total. The maximum absolute atomic E-state index is 13.3. The molecule has 26 heavy (non-hydrogen) atoms. The van der Waals surface area contributed by atoms with Crippen LogP contribution in [0.2, 0.25) is 0 Å². The molecular weight excluding hydrogens is 365 g/mol. The van der Waals surface area contributed by atoms with Gasteiger partial charge in [0.1, 0.15) is 0 Å². The highest BCUT2D eigenvalue weighted by Crippen LogP contribution is 2.39. The summed E-state index contributed by atoms with van der Waals surface area (Å²) in [7, 11) is 0. The first-order valence-electron chi connectivity index (χ1n) is 7.78. The van der Waals surface area contributed by atoms with E-state index >= 15 is 0 Å². The maximum Gasteiger partial charge on any atom is 0.418 e. The number of halogens is 3. The lowest BCUT2D eigenvalue weighted by Gasteiger charge is -2.17. The highest BCUT2D eigenvalue weighted by Gasteiger charge is 2.35. The van der Waals surface area contributed by atoms with E-state index < -0.39 is 28.8 Å². The van der Waals surface area contributed by atoms with Crippen LogP contribution in [0.5, 0.6) is 0 Å². The summed E-state index contributed by atoms with van der Waals surface area (Å²) in [5.74, 6) is -0.959. The second-order valence-electron chi connectivity index (χ2n) is 5.85. The van der Waals surface area contributed by atoms with Gasteiger partial charge in [0.2, 0.25) is 11.8 Å². The molecule has 1 heterocycles. The third-order valence-corrected chi connectivity index (χ3v) is 5.16. The van der Waals surface area contributed by atoms with Gasteiger partial charge in [-0.1, -0.05) is 18.2 Å². The molecule has 8 heteroatoms. The second-order valence-corrected chi connectivity index (χ2v) is 7.09. The fourth-order valence-electron chi connectivity index (χ4n) is 2.71. The van der Waals surface area contributed by atoms with Crippen LogP contribution in [0.1, 0.15) is 18.1 Å². The summed E-state index contributed by atoms with van der Waals surface area (Å²) in [5, 5.41) is 4.21. The molecule has 1 unspecified atom stereocenters. The number of anilines is 2. The third kappa shape index (κ3) is 4.01. The molecule has 0 radical (unpaired) electrons. The number of hydrogen-bond acceptors (Lipinski definition) is 3. The lowest BCUT2D eigenvalue weighted by Crippen LogP contribution is -2.26. The molecule has 1 aliphatic heterocycles. The summed E-state index contributed by atoms with van der Waals surface area (Å²) in [5.41, 5.74) is -0.300. The first-order valence-corrected chi connectivity index (χ1v) is 8.66. The Labute approximate surface area is 152 Å². The molecule has 2 aromatic carbocycles. The van der Waals surface area contributed by atoms with Crippen molar-refractivity contribution in [2.24, 2.45) is 0 Å². The molecular formula is C18H15F3N2O2S. The van der Waals surface area contributed by atoms with Crippen molar-refractivity contribution in [3.63, 3.8) is 0 Å². The van der Waals surface area contributed by atoms with Crippen LogP contribution < -0.4 is 10.6 Å². The number of thioether (sulfide) groups is 1. The Morgan fingerprint density at radius 1 is 1.12 bits per heavy atom. The fraction of sp³-hybridized carbons (Fsp3) is 0.222. The van der Waals surface area contributed by atoms with Crippen LogP contribution in [-0.2, 0) is 22.2 Å². The molecule has 136 valence electrons. The van der Waals surface area contributed by atoms with Gasteiger partial charge < -0.3 is 10.6 Å². The van der Waals surface area contributed by atoms with Crippen LogP contribution in [0.3, 0.4) is 0 Å². The van der Waals surface area contributed by atoms with Gasteiger partial charge in [-0.3, -0.25) is 9.59 Å². The standard InChI is InChI=1S/C18H15F3N2O2S/c1-10(24)22-12-6-7-14(13(9-12)18(19,20)21)23-17(25)16-8-11-4-2-3-5-15(11)26-16/h2-7,9,16H,8H2,1H3,(H,22,24)(H,23,25). The number of fused-ring (bicyclic) bond motifs is 1. The normalized spacial score (nSPS) is 16.1. The fourth-order valence-corrected chi connectivity index (χ4v) is 3.91. The highest BCUT2D eigenvalue weighted by molar-refractivity contribution is 8.01. The number of carbonyl (C=O) groups excluding carboxylic acids is 2. The summed E-state index contributed by atoms with van der Waals surface area (Å²) in [6, 6.07) is 10.8. The Hall–Kier alpha value is -2.48. The number of amides is 2. The molecule has 2 N–H and O–H groups in total. The van der Waals surface area contributed by atoms with Gasteiger partial charge >= 0.3 is 6.18 Å². The predicted octanol–water partition coefficient (Wildman–Crippen LogP) is 4.32. The number of hydrogen-bond donors (Lipinski definition) is 2. The molecule has 0 aliphatic carbocycles. The van der Waals surface area contributed by atoms with E-state index in [1.54, 1.807) is 0 Å². The summed E-state index contributed by atoms with van der Waals surface area (Å²) < 4.78 is 40.0. The van der Waals surface area contributed by atoms with E-state index in [0.29, 0.717) is 6.42 Å². The van der Waals surface area contributed by atoms with Gasteiger partial charge in [-0.25, -0.2) is 0 Å². The van der Waals surface area contributed by atoms with Gasteiger partial charge in [-0.2, -0.15) is 13.2 Å². The summed E-state index contributed by atoms with van der Waals surface area (Å²) in [6.45, 7) is 1.21. The van der Waals surface area contributed by atoms with Crippen LogP contribution in [0.4, 0.5) is 24.5 Å². The second kappa shape index (κ2) is 7.03. The van der Waals surface area contributed by atoms with E-state index in [0.717, 1.165) is 22.6 Å². The van der Waals surface area contributed by atoms with Crippen molar-refractivity contribution in [2.75, 3.05) is 10.6 Å². The summed E-state index contributed by atoms with van der Waals surface area (Å²) in [6.07, 6.45) is -4.19. The van der Waals surface area contributed by atoms with Gasteiger partial charge in [-0.05, 0) is 36.2 Å². The van der Waals surface area contributed by atoms with Crippen LogP contribution in [0.25, 0.3) is 0 Å². The van der Waals surface area contributed by atoms with Crippen LogP contribution in [-0.4, -0.2) is 17.1 Å². The number of alkyl halides is 3. The Morgan fingerprint density at radius 2 is 1.85 bits per heavy atom. The van der Waals surface area contributed by atoms with E-state index in [4.69, 9.17) is 0 Å². The van der Waals surface area contributed by atoms with Crippen LogP contribution in [0.15, 0.2) is 47.4 Å². The van der Waals surface area contributed by atoms with Crippen molar-refractivity contribution in [3.8, 4) is 0 Å². The molecule has 1 atom stereocenters. The average Bonchev–Trinajstić information content (AvgIpc) is 2.99. The van der Waals surface area contributed by atoms with Gasteiger partial charge in [0.05, 0.1) is 16.5 Å². The van der Waals surface area contributed by atoms with Crippen molar-refractivity contribution < 1.29 is 22.8 Å². The van der Waals surface area contributed by atoms with Crippen molar-refractivity contribution in [2.45, 2.75) is 29.7 Å². The number of rotatable bonds is 3.